The van der Waals surface area contributed by atoms with E-state index in [1.165, 1.54) is 16.2 Å². The Morgan fingerprint density at radius 1 is 0.909 bits per heavy atom. The third-order valence-electron chi connectivity index (χ3n) is 6.06. The van der Waals surface area contributed by atoms with Gasteiger partial charge in [-0.15, -0.1) is 0 Å². The Hall–Kier alpha value is -2.41. The average Bonchev–Trinajstić information content (AvgIpc) is 2.82. The van der Waals surface area contributed by atoms with Crippen LogP contribution in [0, 0.1) is 0 Å². The van der Waals surface area contributed by atoms with E-state index in [4.69, 9.17) is 16.3 Å². The summed E-state index contributed by atoms with van der Waals surface area (Å²) < 4.78 is 5.99. The first-order chi connectivity index (χ1) is 16.1. The summed E-state index contributed by atoms with van der Waals surface area (Å²) in [5.74, 6) is 0.847. The number of nitrogens with zero attached hydrogens (tertiary/aromatic N) is 3. The molecule has 0 unspecified atom stereocenters. The van der Waals surface area contributed by atoms with Crippen molar-refractivity contribution in [2.45, 2.75) is 12.6 Å². The lowest BCUT2D eigenvalue weighted by molar-refractivity contribution is -0.0731. The number of halogens is 1. The maximum absolute atomic E-state index is 9.44. The van der Waals surface area contributed by atoms with Crippen LogP contribution in [0.25, 0.3) is 0 Å². The Morgan fingerprint density at radius 2 is 1.61 bits per heavy atom. The second-order valence-electron chi connectivity index (χ2n) is 8.55. The van der Waals surface area contributed by atoms with E-state index < -0.39 is 0 Å². The highest BCUT2D eigenvalue weighted by atomic mass is 35.5. The average molecular weight is 466 g/mol. The van der Waals surface area contributed by atoms with Crippen LogP contribution in [0.15, 0.2) is 78.9 Å². The van der Waals surface area contributed by atoms with E-state index in [0.717, 1.165) is 49.1 Å². The highest BCUT2D eigenvalue weighted by Gasteiger charge is 2.26. The van der Waals surface area contributed by atoms with Gasteiger partial charge in [-0.2, -0.15) is 5.06 Å². The number of benzene rings is 3. The van der Waals surface area contributed by atoms with E-state index in [9.17, 15) is 5.21 Å². The van der Waals surface area contributed by atoms with Crippen LogP contribution in [0.2, 0.25) is 5.02 Å². The second-order valence-corrected chi connectivity index (χ2v) is 8.99. The molecule has 0 aliphatic carbocycles. The van der Waals surface area contributed by atoms with Gasteiger partial charge < -0.3 is 9.94 Å². The molecule has 0 bridgehead atoms. The van der Waals surface area contributed by atoms with Crippen LogP contribution < -0.4 is 4.74 Å². The number of piperazine rings is 1. The van der Waals surface area contributed by atoms with Crippen LogP contribution in [-0.4, -0.2) is 66.4 Å². The Morgan fingerprint density at radius 3 is 2.30 bits per heavy atom. The molecule has 1 aliphatic rings. The number of hydrogen-bond acceptors (Lipinski definition) is 5. The molecule has 174 valence electrons. The largest absolute Gasteiger partial charge is 0.492 e. The molecule has 1 saturated heterocycles. The van der Waals surface area contributed by atoms with Crippen LogP contribution in [-0.2, 0) is 6.54 Å². The quantitative estimate of drug-likeness (QED) is 0.453. The van der Waals surface area contributed by atoms with E-state index in [-0.39, 0.29) is 6.04 Å². The van der Waals surface area contributed by atoms with Crippen molar-refractivity contribution in [3.63, 3.8) is 0 Å². The molecule has 3 aromatic carbocycles. The van der Waals surface area contributed by atoms with Gasteiger partial charge in [0.15, 0.2) is 0 Å². The zero-order valence-corrected chi connectivity index (χ0v) is 19.9. The summed E-state index contributed by atoms with van der Waals surface area (Å²) in [5.41, 5.74) is 3.61. The van der Waals surface area contributed by atoms with Gasteiger partial charge in [0.25, 0.3) is 0 Å². The minimum absolute atomic E-state index is 0.231. The molecule has 0 aromatic heterocycles. The smallest absolute Gasteiger partial charge is 0.119 e. The van der Waals surface area contributed by atoms with Gasteiger partial charge in [0, 0.05) is 51.3 Å². The molecule has 0 spiro atoms. The summed E-state index contributed by atoms with van der Waals surface area (Å²) in [7, 11) is 1.64. The van der Waals surface area contributed by atoms with Gasteiger partial charge in [-0.05, 0) is 41.0 Å². The first kappa shape index (κ1) is 23.7. The number of hydroxylamine groups is 2. The molecule has 1 heterocycles. The summed E-state index contributed by atoms with van der Waals surface area (Å²) in [6, 6.07) is 27.1. The Bertz CT molecular complexity index is 990. The van der Waals surface area contributed by atoms with Crippen LogP contribution in [0.1, 0.15) is 22.7 Å². The predicted octanol–water partition coefficient (Wildman–Crippen LogP) is 4.95. The molecule has 5 nitrogen and oxygen atoms in total. The number of ether oxygens (including phenoxy) is 1. The molecule has 6 heteroatoms. The summed E-state index contributed by atoms with van der Waals surface area (Å²) in [4.78, 5) is 5.02. The van der Waals surface area contributed by atoms with Gasteiger partial charge >= 0.3 is 0 Å². The van der Waals surface area contributed by atoms with Crippen molar-refractivity contribution in [2.24, 2.45) is 0 Å². The minimum atomic E-state index is 0.231. The summed E-state index contributed by atoms with van der Waals surface area (Å²) in [5, 5.41) is 11.4. The molecular weight excluding hydrogens is 434 g/mol. The molecule has 0 radical (unpaired) electrons. The molecular formula is C27H32ClN3O2. The molecule has 0 amide bonds. The SMILES string of the molecule is CN(O)Cc1cccc(OCCN2CCN([C@H](c3ccccc3)c3ccc(Cl)cc3)CC2)c1. The molecule has 1 atom stereocenters. The fraction of sp³-hybridized carbons (Fsp3) is 0.333. The molecule has 1 fully saturated rings. The van der Waals surface area contributed by atoms with Gasteiger partial charge in [-0.3, -0.25) is 9.80 Å². The minimum Gasteiger partial charge on any atom is -0.492 e. The lowest BCUT2D eigenvalue weighted by atomic mass is 9.96. The van der Waals surface area contributed by atoms with Gasteiger partial charge in [-0.1, -0.05) is 66.2 Å². The highest BCUT2D eigenvalue weighted by Crippen LogP contribution is 2.30. The standard InChI is InChI=1S/C27H32ClN3O2/c1-29(32)21-22-6-5-9-26(20-22)33-19-18-30-14-16-31(17-15-30)27(23-7-3-2-4-8-23)24-10-12-25(28)13-11-24/h2-13,20,27,32H,14-19,21H2,1H3/t27-/m1/s1. The highest BCUT2D eigenvalue weighted by molar-refractivity contribution is 6.30. The third-order valence-corrected chi connectivity index (χ3v) is 6.31. The van der Waals surface area contributed by atoms with E-state index >= 15 is 0 Å². The van der Waals surface area contributed by atoms with Crippen molar-refractivity contribution in [3.05, 3.63) is 101 Å². The van der Waals surface area contributed by atoms with Gasteiger partial charge in [0.05, 0.1) is 6.04 Å². The summed E-state index contributed by atoms with van der Waals surface area (Å²) in [6.45, 7) is 6.05. The molecule has 1 aliphatic heterocycles. The maximum atomic E-state index is 9.44. The van der Waals surface area contributed by atoms with Crippen LogP contribution in [0.4, 0.5) is 0 Å². The molecule has 4 rings (SSSR count). The van der Waals surface area contributed by atoms with Crippen LogP contribution in [0.5, 0.6) is 5.75 Å². The Labute approximate surface area is 201 Å². The maximum Gasteiger partial charge on any atom is 0.119 e. The number of hydrogen-bond donors (Lipinski definition) is 1. The second kappa shape index (κ2) is 11.6. The topological polar surface area (TPSA) is 39.2 Å². The van der Waals surface area contributed by atoms with Gasteiger partial charge in [0.1, 0.15) is 12.4 Å². The first-order valence-electron chi connectivity index (χ1n) is 11.5. The van der Waals surface area contributed by atoms with Crippen molar-refractivity contribution in [1.29, 1.82) is 0 Å². The lowest BCUT2D eigenvalue weighted by Gasteiger charge is -2.39. The Balaban J connectivity index is 1.32. The number of rotatable bonds is 9. The van der Waals surface area contributed by atoms with Gasteiger partial charge in [-0.25, -0.2) is 0 Å². The molecule has 33 heavy (non-hydrogen) atoms. The Kier molecular flexibility index (Phi) is 8.37. The van der Waals surface area contributed by atoms with E-state index in [1.807, 2.05) is 36.4 Å². The summed E-state index contributed by atoms with van der Waals surface area (Å²) in [6.07, 6.45) is 0. The predicted molar refractivity (Wildman–Crippen MR) is 133 cm³/mol. The third kappa shape index (κ3) is 6.79. The van der Waals surface area contributed by atoms with E-state index in [1.54, 1.807) is 7.05 Å². The lowest BCUT2D eigenvalue weighted by Crippen LogP contribution is -2.48. The molecule has 1 N–H and O–H groups in total. The van der Waals surface area contributed by atoms with Crippen molar-refractivity contribution in [1.82, 2.24) is 14.9 Å². The molecule has 3 aromatic rings. The molecule has 0 saturated carbocycles. The van der Waals surface area contributed by atoms with Crippen molar-refractivity contribution < 1.29 is 9.94 Å². The first-order valence-corrected chi connectivity index (χ1v) is 11.8. The van der Waals surface area contributed by atoms with Crippen LogP contribution in [0.3, 0.4) is 0 Å². The van der Waals surface area contributed by atoms with Crippen molar-refractivity contribution >= 4 is 11.6 Å². The zero-order valence-electron chi connectivity index (χ0n) is 19.1. The zero-order chi connectivity index (χ0) is 23.0. The van der Waals surface area contributed by atoms with E-state index in [0.29, 0.717) is 13.2 Å². The normalized spacial score (nSPS) is 16.1. The monoisotopic (exact) mass is 465 g/mol. The van der Waals surface area contributed by atoms with Crippen molar-refractivity contribution in [2.75, 3.05) is 46.4 Å². The summed E-state index contributed by atoms with van der Waals surface area (Å²) >= 11 is 6.15. The fourth-order valence-electron chi connectivity index (χ4n) is 4.43. The van der Waals surface area contributed by atoms with E-state index in [2.05, 4.69) is 52.3 Å². The van der Waals surface area contributed by atoms with Gasteiger partial charge in [0.2, 0.25) is 0 Å². The fourth-order valence-corrected chi connectivity index (χ4v) is 4.56. The van der Waals surface area contributed by atoms with Crippen LogP contribution >= 0.6 is 11.6 Å². The van der Waals surface area contributed by atoms with Crippen molar-refractivity contribution in [3.8, 4) is 5.75 Å².